The van der Waals surface area contributed by atoms with Crippen LogP contribution in [0.2, 0.25) is 0 Å². The van der Waals surface area contributed by atoms with E-state index in [1.54, 1.807) is 6.33 Å². The first-order valence-electron chi connectivity index (χ1n) is 11.3. The number of piperidine rings is 1. The van der Waals surface area contributed by atoms with E-state index in [1.165, 1.54) is 0 Å². The molecule has 0 radical (unpaired) electrons. The van der Waals surface area contributed by atoms with Gasteiger partial charge in [-0.1, -0.05) is 18.2 Å². The number of hydrogen-bond acceptors (Lipinski definition) is 8. The Labute approximate surface area is 189 Å². The van der Waals surface area contributed by atoms with Gasteiger partial charge in [0.05, 0.1) is 5.41 Å². The molecule has 3 aromatic heterocycles. The lowest BCUT2D eigenvalue weighted by Gasteiger charge is -2.38. The first-order valence-corrected chi connectivity index (χ1v) is 11.3. The molecule has 33 heavy (non-hydrogen) atoms. The molecule has 3 aliphatic rings. The molecule has 166 valence electrons. The van der Waals surface area contributed by atoms with E-state index < -0.39 is 5.41 Å². The molecule has 0 atom stereocenters. The number of nitrogens with one attached hydrogen (secondary N) is 1. The fraction of sp³-hybridized carbons (Fsp3) is 0.391. The Hall–Kier alpha value is -3.82. The first-order chi connectivity index (χ1) is 16.1. The Morgan fingerprint density at radius 3 is 2.76 bits per heavy atom. The minimum Gasteiger partial charge on any atom is -0.418 e. The number of nitrogens with zero attached hydrogens (tertiary/aromatic N) is 7. The molecular formula is C23H22N8O2. The van der Waals surface area contributed by atoms with Crippen molar-refractivity contribution in [3.05, 3.63) is 42.0 Å². The van der Waals surface area contributed by atoms with Crippen molar-refractivity contribution in [3.8, 4) is 11.7 Å². The monoisotopic (exact) mass is 442 g/mol. The number of carbonyl (C=O) groups excluding carboxylic acids is 1. The smallest absolute Gasteiger partial charge is 0.284 e. The Bertz CT molecular complexity index is 1410. The van der Waals surface area contributed by atoms with E-state index in [4.69, 9.17) is 9.40 Å². The summed E-state index contributed by atoms with van der Waals surface area (Å²) in [5.41, 5.74) is 2.97. The van der Waals surface area contributed by atoms with Crippen LogP contribution >= 0.6 is 0 Å². The summed E-state index contributed by atoms with van der Waals surface area (Å²) in [4.78, 5) is 29.0. The van der Waals surface area contributed by atoms with E-state index in [-0.39, 0.29) is 5.91 Å². The van der Waals surface area contributed by atoms with E-state index in [9.17, 15) is 4.79 Å². The van der Waals surface area contributed by atoms with Crippen molar-refractivity contribution in [2.75, 3.05) is 23.3 Å². The van der Waals surface area contributed by atoms with Crippen LogP contribution in [0.15, 0.2) is 35.0 Å². The van der Waals surface area contributed by atoms with Crippen LogP contribution in [-0.4, -0.2) is 48.7 Å². The van der Waals surface area contributed by atoms with Gasteiger partial charge in [0, 0.05) is 31.7 Å². The van der Waals surface area contributed by atoms with Gasteiger partial charge in [-0.05, 0) is 37.3 Å². The van der Waals surface area contributed by atoms with Gasteiger partial charge in [0.25, 0.3) is 5.89 Å². The van der Waals surface area contributed by atoms with Gasteiger partial charge < -0.3 is 19.2 Å². The fourth-order valence-corrected chi connectivity index (χ4v) is 5.20. The largest absolute Gasteiger partial charge is 0.418 e. The molecule has 7 rings (SSSR count). The summed E-state index contributed by atoms with van der Waals surface area (Å²) in [7, 11) is 1.90. The molecule has 0 unspecified atom stereocenters. The molecule has 5 heterocycles. The zero-order valence-corrected chi connectivity index (χ0v) is 18.2. The van der Waals surface area contributed by atoms with Crippen molar-refractivity contribution in [1.29, 1.82) is 0 Å². The standard InChI is InChI=1S/C23H22N8O2/c1-30-17-16(27-19(30)21-29-28-20(33-21)13-6-7-13)18(25-12-24-17)31-10-8-23(9-11-31)14-4-2-3-5-15(14)26-22(23)32/h2-5,12-13H,6-11H2,1H3,(H,26,32). The number of aryl methyl sites for hydroxylation is 1. The summed E-state index contributed by atoms with van der Waals surface area (Å²) < 4.78 is 7.76. The van der Waals surface area contributed by atoms with Crippen molar-refractivity contribution in [3.63, 3.8) is 0 Å². The number of fused-ring (bicyclic) bond motifs is 3. The number of amides is 1. The van der Waals surface area contributed by atoms with Crippen LogP contribution in [-0.2, 0) is 17.3 Å². The van der Waals surface area contributed by atoms with Crippen molar-refractivity contribution in [1.82, 2.24) is 29.7 Å². The van der Waals surface area contributed by atoms with E-state index in [1.807, 2.05) is 29.8 Å². The number of anilines is 2. The van der Waals surface area contributed by atoms with Crippen LogP contribution in [0.25, 0.3) is 22.9 Å². The maximum Gasteiger partial charge on any atom is 0.284 e. The predicted octanol–water partition coefficient (Wildman–Crippen LogP) is 2.78. The van der Waals surface area contributed by atoms with Crippen LogP contribution in [0, 0.1) is 0 Å². The number of carbonyl (C=O) groups is 1. The molecule has 0 bridgehead atoms. The molecule has 1 amide bonds. The van der Waals surface area contributed by atoms with E-state index in [0.717, 1.165) is 42.8 Å². The van der Waals surface area contributed by atoms with Crippen molar-refractivity contribution in [2.45, 2.75) is 37.0 Å². The lowest BCUT2D eigenvalue weighted by atomic mass is 9.73. The highest BCUT2D eigenvalue weighted by Gasteiger charge is 2.48. The van der Waals surface area contributed by atoms with Crippen molar-refractivity contribution in [2.24, 2.45) is 7.05 Å². The molecule has 1 N–H and O–H groups in total. The second-order valence-electron chi connectivity index (χ2n) is 9.15. The molecule has 1 aliphatic carbocycles. The first kappa shape index (κ1) is 18.7. The molecular weight excluding hydrogens is 420 g/mol. The summed E-state index contributed by atoms with van der Waals surface area (Å²) in [5.74, 6) is 2.92. The van der Waals surface area contributed by atoms with Gasteiger partial charge in [-0.15, -0.1) is 10.2 Å². The lowest BCUT2D eigenvalue weighted by Crippen LogP contribution is -2.46. The van der Waals surface area contributed by atoms with Gasteiger partial charge in [0.2, 0.25) is 17.6 Å². The fourth-order valence-electron chi connectivity index (χ4n) is 5.20. The Morgan fingerprint density at radius 1 is 1.12 bits per heavy atom. The average Bonchev–Trinajstić information content (AvgIpc) is 3.39. The summed E-state index contributed by atoms with van der Waals surface area (Å²) in [5, 5.41) is 11.5. The van der Waals surface area contributed by atoms with Gasteiger partial charge in [-0.3, -0.25) is 4.79 Å². The maximum absolute atomic E-state index is 12.9. The SMILES string of the molecule is Cn1c(-c2nnc(C3CC3)o2)nc2c(N3CCC4(CC3)C(=O)Nc3ccccc34)ncnc21. The highest BCUT2D eigenvalue weighted by atomic mass is 16.4. The summed E-state index contributed by atoms with van der Waals surface area (Å²) in [6.45, 7) is 1.40. The van der Waals surface area contributed by atoms with Crippen LogP contribution in [0.3, 0.4) is 0 Å². The normalized spacial score (nSPS) is 19.3. The molecule has 1 saturated carbocycles. The Morgan fingerprint density at radius 2 is 1.94 bits per heavy atom. The van der Waals surface area contributed by atoms with E-state index in [0.29, 0.717) is 47.8 Å². The summed E-state index contributed by atoms with van der Waals surface area (Å²) in [6.07, 6.45) is 5.19. The number of aromatic nitrogens is 6. The number of benzene rings is 1. The number of imidazole rings is 1. The molecule has 1 aromatic carbocycles. The minimum atomic E-state index is -0.475. The zero-order chi connectivity index (χ0) is 22.2. The van der Waals surface area contributed by atoms with Crippen LogP contribution < -0.4 is 10.2 Å². The number of para-hydroxylation sites is 1. The highest BCUT2D eigenvalue weighted by Crippen LogP contribution is 2.45. The number of rotatable bonds is 3. The van der Waals surface area contributed by atoms with Crippen LogP contribution in [0.1, 0.15) is 43.1 Å². The van der Waals surface area contributed by atoms with Gasteiger partial charge in [0.15, 0.2) is 17.0 Å². The van der Waals surface area contributed by atoms with Crippen molar-refractivity contribution >= 4 is 28.6 Å². The average molecular weight is 442 g/mol. The lowest BCUT2D eigenvalue weighted by molar-refractivity contribution is -0.121. The van der Waals surface area contributed by atoms with Crippen molar-refractivity contribution < 1.29 is 9.21 Å². The Balaban J connectivity index is 1.22. The van der Waals surface area contributed by atoms with Gasteiger partial charge in [-0.25, -0.2) is 15.0 Å². The molecule has 1 saturated heterocycles. The Kier molecular flexibility index (Phi) is 3.74. The molecule has 2 aliphatic heterocycles. The topological polar surface area (TPSA) is 115 Å². The third-order valence-corrected chi connectivity index (χ3v) is 7.24. The van der Waals surface area contributed by atoms with Gasteiger partial charge in [-0.2, -0.15) is 0 Å². The predicted molar refractivity (Wildman–Crippen MR) is 120 cm³/mol. The van der Waals surface area contributed by atoms with E-state index >= 15 is 0 Å². The van der Waals surface area contributed by atoms with E-state index in [2.05, 4.69) is 36.4 Å². The number of hydrogen-bond donors (Lipinski definition) is 1. The quantitative estimate of drug-likeness (QED) is 0.515. The van der Waals surface area contributed by atoms with Crippen LogP contribution in [0.4, 0.5) is 11.5 Å². The second kappa shape index (κ2) is 6.60. The molecule has 1 spiro atoms. The summed E-state index contributed by atoms with van der Waals surface area (Å²) >= 11 is 0. The molecule has 10 nitrogen and oxygen atoms in total. The second-order valence-corrected chi connectivity index (χ2v) is 9.15. The van der Waals surface area contributed by atoms with Crippen LogP contribution in [0.5, 0.6) is 0 Å². The van der Waals surface area contributed by atoms with Gasteiger partial charge in [0.1, 0.15) is 6.33 Å². The zero-order valence-electron chi connectivity index (χ0n) is 18.2. The highest BCUT2D eigenvalue weighted by molar-refractivity contribution is 6.06. The molecule has 4 aromatic rings. The molecule has 10 heteroatoms. The molecule has 2 fully saturated rings. The summed E-state index contributed by atoms with van der Waals surface area (Å²) in [6, 6.07) is 8.00. The third kappa shape index (κ3) is 2.66. The van der Waals surface area contributed by atoms with Gasteiger partial charge >= 0.3 is 0 Å². The maximum atomic E-state index is 12.9. The third-order valence-electron chi connectivity index (χ3n) is 7.24. The minimum absolute atomic E-state index is 0.0965.